The Morgan fingerprint density at radius 3 is 2.03 bits per heavy atom. The summed E-state index contributed by atoms with van der Waals surface area (Å²) in [5.74, 6) is -1.31. The molecule has 1 amide bonds. The van der Waals surface area contributed by atoms with Crippen molar-refractivity contribution in [1.82, 2.24) is 9.62 Å². The van der Waals surface area contributed by atoms with Gasteiger partial charge in [0.05, 0.1) is 17.0 Å². The maximum atomic E-state index is 13.3. The Labute approximate surface area is 168 Å². The van der Waals surface area contributed by atoms with Gasteiger partial charge in [0.15, 0.2) is 0 Å². The maximum Gasteiger partial charge on any atom is 0.417 e. The van der Waals surface area contributed by atoms with Crippen LogP contribution in [0.4, 0.5) is 26.3 Å². The Hall–Kier alpha value is -2.60. The van der Waals surface area contributed by atoms with Gasteiger partial charge in [-0.1, -0.05) is 42.5 Å². The van der Waals surface area contributed by atoms with E-state index in [1.807, 2.05) is 0 Å². The Kier molecular flexibility index (Phi) is 7.14. The van der Waals surface area contributed by atoms with Crippen LogP contribution < -0.4 is 5.32 Å². The topological polar surface area (TPSA) is 66.5 Å². The van der Waals surface area contributed by atoms with Crippen molar-refractivity contribution in [1.29, 1.82) is 0 Å². The molecule has 0 saturated heterocycles. The molecule has 0 spiro atoms. The molecule has 0 aliphatic carbocycles. The summed E-state index contributed by atoms with van der Waals surface area (Å²) in [5, 5.41) is 1.52. The maximum absolute atomic E-state index is 13.3. The lowest BCUT2D eigenvalue weighted by molar-refractivity contribution is -0.140. The molecule has 1 N–H and O–H groups in total. The fraction of sp³-hybridized carbons (Fsp3) is 0.278. The van der Waals surface area contributed by atoms with Gasteiger partial charge in [-0.05, 0) is 17.7 Å². The summed E-state index contributed by atoms with van der Waals surface area (Å²) in [5.41, 5.74) is -1.12. The standard InChI is InChI=1S/C18H16F6N2O3S/c19-17(20,21)12-25-16(27)11-26(10-13-6-2-1-3-7-13)30(28,29)15-9-5-4-8-14(15)18(22,23)24/h1-9H,10-12H2,(H,25,27). The van der Waals surface area contributed by atoms with Gasteiger partial charge in [-0.3, -0.25) is 4.79 Å². The Morgan fingerprint density at radius 1 is 0.900 bits per heavy atom. The number of benzene rings is 2. The van der Waals surface area contributed by atoms with E-state index < -0.39 is 58.4 Å². The van der Waals surface area contributed by atoms with Crippen LogP contribution in [0.3, 0.4) is 0 Å². The number of hydrogen-bond acceptors (Lipinski definition) is 3. The van der Waals surface area contributed by atoms with Crippen molar-refractivity contribution in [2.24, 2.45) is 0 Å². The van der Waals surface area contributed by atoms with E-state index in [0.29, 0.717) is 15.9 Å². The van der Waals surface area contributed by atoms with Crippen molar-refractivity contribution in [2.75, 3.05) is 13.1 Å². The van der Waals surface area contributed by atoms with E-state index in [-0.39, 0.29) is 0 Å². The number of rotatable bonds is 7. The molecular weight excluding hydrogens is 438 g/mol. The number of alkyl halides is 6. The molecule has 30 heavy (non-hydrogen) atoms. The monoisotopic (exact) mass is 454 g/mol. The minimum atomic E-state index is -5.00. The highest BCUT2D eigenvalue weighted by Gasteiger charge is 2.39. The zero-order valence-corrected chi connectivity index (χ0v) is 16.0. The fourth-order valence-electron chi connectivity index (χ4n) is 2.49. The van der Waals surface area contributed by atoms with Gasteiger partial charge < -0.3 is 5.32 Å². The molecule has 2 aromatic rings. The van der Waals surface area contributed by atoms with Gasteiger partial charge in [-0.25, -0.2) is 8.42 Å². The first-order chi connectivity index (χ1) is 13.8. The summed E-state index contributed by atoms with van der Waals surface area (Å²) in [6.07, 6.45) is -9.73. The molecule has 2 aromatic carbocycles. The van der Waals surface area contributed by atoms with Crippen molar-refractivity contribution in [3.8, 4) is 0 Å². The summed E-state index contributed by atoms with van der Waals surface area (Å²) >= 11 is 0. The van der Waals surface area contributed by atoms with Gasteiger partial charge in [0.2, 0.25) is 15.9 Å². The Bertz CT molecular complexity index is 975. The van der Waals surface area contributed by atoms with Crippen LogP contribution in [-0.4, -0.2) is 37.9 Å². The largest absolute Gasteiger partial charge is 0.417 e. The van der Waals surface area contributed by atoms with E-state index in [2.05, 4.69) is 0 Å². The third kappa shape index (κ3) is 6.46. The first-order valence-electron chi connectivity index (χ1n) is 8.34. The van der Waals surface area contributed by atoms with Crippen LogP contribution in [0.15, 0.2) is 59.5 Å². The predicted octanol–water partition coefficient (Wildman–Crippen LogP) is 3.57. The quantitative estimate of drug-likeness (QED) is 0.651. The summed E-state index contributed by atoms with van der Waals surface area (Å²) in [4.78, 5) is 10.8. The van der Waals surface area contributed by atoms with Crippen molar-refractivity contribution in [3.05, 3.63) is 65.7 Å². The highest BCUT2D eigenvalue weighted by atomic mass is 32.2. The SMILES string of the molecule is O=C(CN(Cc1ccccc1)S(=O)(=O)c1ccccc1C(F)(F)F)NCC(F)(F)F. The first kappa shape index (κ1) is 23.7. The van der Waals surface area contributed by atoms with E-state index in [4.69, 9.17) is 0 Å². The van der Waals surface area contributed by atoms with Crippen LogP contribution >= 0.6 is 0 Å². The second-order valence-corrected chi connectivity index (χ2v) is 8.05. The third-order valence-electron chi connectivity index (χ3n) is 3.82. The molecule has 0 bridgehead atoms. The van der Waals surface area contributed by atoms with Gasteiger partial charge in [0.1, 0.15) is 6.54 Å². The number of hydrogen-bond donors (Lipinski definition) is 1. The van der Waals surface area contributed by atoms with Crippen LogP contribution in [0, 0.1) is 0 Å². The van der Waals surface area contributed by atoms with Crippen LogP contribution in [-0.2, 0) is 27.5 Å². The molecule has 0 heterocycles. The molecule has 12 heteroatoms. The second-order valence-electron chi connectivity index (χ2n) is 6.14. The first-order valence-corrected chi connectivity index (χ1v) is 9.78. The van der Waals surface area contributed by atoms with Crippen molar-refractivity contribution >= 4 is 15.9 Å². The highest BCUT2D eigenvalue weighted by Crippen LogP contribution is 2.35. The molecule has 0 fully saturated rings. The van der Waals surface area contributed by atoms with E-state index in [1.165, 1.54) is 29.6 Å². The van der Waals surface area contributed by atoms with Gasteiger partial charge in [-0.15, -0.1) is 0 Å². The number of carbonyl (C=O) groups excluding carboxylic acids is 1. The fourth-order valence-corrected chi connectivity index (χ4v) is 4.09. The van der Waals surface area contributed by atoms with Crippen LogP contribution in [0.25, 0.3) is 0 Å². The molecular formula is C18H16F6N2O3S. The van der Waals surface area contributed by atoms with Crippen LogP contribution in [0.2, 0.25) is 0 Å². The van der Waals surface area contributed by atoms with E-state index in [1.54, 1.807) is 6.07 Å². The van der Waals surface area contributed by atoms with Crippen molar-refractivity contribution in [3.63, 3.8) is 0 Å². The van der Waals surface area contributed by atoms with Gasteiger partial charge in [0.25, 0.3) is 0 Å². The average Bonchev–Trinajstić information content (AvgIpc) is 2.65. The summed E-state index contributed by atoms with van der Waals surface area (Å²) in [6, 6.07) is 11.0. The summed E-state index contributed by atoms with van der Waals surface area (Å²) < 4.78 is 103. The number of nitrogens with zero attached hydrogens (tertiary/aromatic N) is 1. The van der Waals surface area contributed by atoms with Gasteiger partial charge in [0, 0.05) is 6.54 Å². The third-order valence-corrected chi connectivity index (χ3v) is 5.67. The number of carbonyl (C=O) groups is 1. The minimum Gasteiger partial charge on any atom is -0.346 e. The molecule has 2 rings (SSSR count). The lowest BCUT2D eigenvalue weighted by Gasteiger charge is -2.24. The molecule has 0 atom stereocenters. The number of sulfonamides is 1. The highest BCUT2D eigenvalue weighted by molar-refractivity contribution is 7.89. The van der Waals surface area contributed by atoms with E-state index in [0.717, 1.165) is 18.2 Å². The Morgan fingerprint density at radius 2 is 1.47 bits per heavy atom. The minimum absolute atomic E-state index is 0.328. The lowest BCUT2D eigenvalue weighted by atomic mass is 10.2. The Balaban J connectivity index is 2.42. The molecule has 0 aromatic heterocycles. The average molecular weight is 454 g/mol. The molecule has 0 unspecified atom stereocenters. The second kappa shape index (κ2) is 9.04. The zero-order valence-electron chi connectivity index (χ0n) is 15.2. The number of amides is 1. The summed E-state index contributed by atoms with van der Waals surface area (Å²) in [6.45, 7) is -3.32. The smallest absolute Gasteiger partial charge is 0.346 e. The zero-order chi connectivity index (χ0) is 22.6. The number of halogens is 6. The normalized spacial score (nSPS) is 12.8. The van der Waals surface area contributed by atoms with Crippen molar-refractivity contribution in [2.45, 2.75) is 23.8 Å². The lowest BCUT2D eigenvalue weighted by Crippen LogP contribution is -2.43. The van der Waals surface area contributed by atoms with Crippen LogP contribution in [0.1, 0.15) is 11.1 Å². The molecule has 5 nitrogen and oxygen atoms in total. The molecule has 0 radical (unpaired) electrons. The van der Waals surface area contributed by atoms with E-state index >= 15 is 0 Å². The summed E-state index contributed by atoms with van der Waals surface area (Å²) in [7, 11) is -4.89. The molecule has 0 aliphatic rings. The van der Waals surface area contributed by atoms with E-state index in [9.17, 15) is 39.6 Å². The molecule has 0 aliphatic heterocycles. The van der Waals surface area contributed by atoms with Gasteiger partial charge in [-0.2, -0.15) is 30.6 Å². The van der Waals surface area contributed by atoms with Crippen LogP contribution in [0.5, 0.6) is 0 Å². The molecule has 0 saturated carbocycles. The predicted molar refractivity (Wildman–Crippen MR) is 94.5 cm³/mol. The van der Waals surface area contributed by atoms with Crippen molar-refractivity contribution < 1.29 is 39.6 Å². The number of nitrogens with one attached hydrogen (secondary N) is 1. The van der Waals surface area contributed by atoms with Gasteiger partial charge >= 0.3 is 12.4 Å². The molecule has 164 valence electrons.